The number of aromatic nitrogens is 1. The number of fused-ring (bicyclic) bond motifs is 1. The summed E-state index contributed by atoms with van der Waals surface area (Å²) in [7, 11) is 3.03. The van der Waals surface area contributed by atoms with Crippen molar-refractivity contribution in [3.8, 4) is 5.75 Å². The van der Waals surface area contributed by atoms with Crippen LogP contribution in [0.5, 0.6) is 5.75 Å². The first-order valence-electron chi connectivity index (χ1n) is 5.19. The summed E-state index contributed by atoms with van der Waals surface area (Å²) in [6.07, 6.45) is -3.72. The number of hydrogen-bond acceptors (Lipinski definition) is 2. The number of rotatable bonds is 2. The minimum Gasteiger partial charge on any atom is -0.495 e. The van der Waals surface area contributed by atoms with Gasteiger partial charge in [-0.1, -0.05) is 0 Å². The fraction of sp³-hybridized carbons (Fsp3) is 0.250. The van der Waals surface area contributed by atoms with Crippen molar-refractivity contribution in [2.75, 3.05) is 7.11 Å². The predicted molar refractivity (Wildman–Crippen MR) is 67.6 cm³/mol. The Morgan fingerprint density at radius 2 is 2.00 bits per heavy atom. The fourth-order valence-corrected chi connectivity index (χ4v) is 2.38. The molecule has 0 spiro atoms. The van der Waals surface area contributed by atoms with Gasteiger partial charge in [-0.2, -0.15) is 13.2 Å². The lowest BCUT2D eigenvalue weighted by molar-refractivity contribution is -0.0884. The van der Waals surface area contributed by atoms with Crippen LogP contribution in [0.2, 0.25) is 0 Å². The Morgan fingerprint density at radius 3 is 2.53 bits per heavy atom. The molecule has 0 atom stereocenters. The van der Waals surface area contributed by atoms with E-state index < -0.39 is 12.0 Å². The topological polar surface area (TPSA) is 31.2 Å². The number of carbonyl (C=O) groups excluding carboxylic acids is 1. The Balaban J connectivity index is 2.72. The molecule has 0 aliphatic carbocycles. The molecule has 1 aromatic carbocycles. The summed E-state index contributed by atoms with van der Waals surface area (Å²) in [4.78, 5) is 11.4. The van der Waals surface area contributed by atoms with E-state index in [1.54, 1.807) is 13.1 Å². The van der Waals surface area contributed by atoms with E-state index >= 15 is 0 Å². The zero-order valence-electron chi connectivity index (χ0n) is 10.0. The van der Waals surface area contributed by atoms with Crippen LogP contribution >= 0.6 is 15.9 Å². The van der Waals surface area contributed by atoms with Gasteiger partial charge in [0.2, 0.25) is 0 Å². The van der Waals surface area contributed by atoms with Gasteiger partial charge in [-0.25, -0.2) is 0 Å². The number of halogens is 4. The lowest BCUT2D eigenvalue weighted by Crippen LogP contribution is -2.22. The molecule has 102 valence electrons. The molecular formula is C12H9BrF3NO2. The summed E-state index contributed by atoms with van der Waals surface area (Å²) in [5.74, 6) is -1.37. The summed E-state index contributed by atoms with van der Waals surface area (Å²) in [6, 6.07) is 3.03. The van der Waals surface area contributed by atoms with Crippen LogP contribution in [0.25, 0.3) is 10.9 Å². The number of ketones is 1. The number of ether oxygens (including phenoxy) is 1. The molecule has 0 amide bonds. The number of Topliss-reactive ketones (excluding diaryl/α,β-unsaturated/α-hetero) is 1. The molecule has 2 rings (SSSR count). The molecule has 1 aromatic heterocycles. The van der Waals surface area contributed by atoms with Crippen molar-refractivity contribution in [3.05, 3.63) is 28.4 Å². The highest BCUT2D eigenvalue weighted by atomic mass is 79.9. The van der Waals surface area contributed by atoms with Gasteiger partial charge in [-0.05, 0) is 22.0 Å². The summed E-state index contributed by atoms with van der Waals surface area (Å²) in [5, 5.41) is 0.234. The molecule has 7 heteroatoms. The second-order valence-corrected chi connectivity index (χ2v) is 4.84. The molecule has 1 heterocycles. The highest BCUT2D eigenvalue weighted by molar-refractivity contribution is 9.10. The van der Waals surface area contributed by atoms with Gasteiger partial charge in [0.1, 0.15) is 5.75 Å². The fourth-order valence-electron chi connectivity index (χ4n) is 1.87. The van der Waals surface area contributed by atoms with Crippen molar-refractivity contribution < 1.29 is 22.7 Å². The Kier molecular flexibility index (Phi) is 3.34. The van der Waals surface area contributed by atoms with E-state index in [2.05, 4.69) is 15.9 Å². The molecule has 0 bridgehead atoms. The third-order valence-electron chi connectivity index (χ3n) is 2.77. The zero-order valence-corrected chi connectivity index (χ0v) is 11.6. The Bertz CT molecular complexity index is 661. The average molecular weight is 336 g/mol. The van der Waals surface area contributed by atoms with E-state index in [-0.39, 0.29) is 10.9 Å². The van der Waals surface area contributed by atoms with Crippen molar-refractivity contribution in [1.29, 1.82) is 0 Å². The maximum absolute atomic E-state index is 12.5. The van der Waals surface area contributed by atoms with Crippen molar-refractivity contribution in [1.82, 2.24) is 4.57 Å². The highest BCUT2D eigenvalue weighted by Gasteiger charge is 2.40. The number of alkyl halides is 3. The van der Waals surface area contributed by atoms with Gasteiger partial charge in [-0.3, -0.25) is 4.79 Å². The molecule has 0 saturated heterocycles. The average Bonchev–Trinajstić information content (AvgIpc) is 2.63. The third kappa shape index (κ3) is 2.34. The third-order valence-corrected chi connectivity index (χ3v) is 3.38. The summed E-state index contributed by atoms with van der Waals surface area (Å²) in [5.41, 5.74) is 0.126. The molecule has 0 aliphatic rings. The predicted octanol–water partition coefficient (Wildman–Crippen LogP) is 3.69. The molecular weight excluding hydrogens is 327 g/mol. The van der Waals surface area contributed by atoms with Crippen molar-refractivity contribution in [2.24, 2.45) is 7.05 Å². The zero-order chi connectivity index (χ0) is 14.4. The van der Waals surface area contributed by atoms with Gasteiger partial charge >= 0.3 is 6.18 Å². The van der Waals surface area contributed by atoms with Crippen molar-refractivity contribution in [3.63, 3.8) is 0 Å². The second-order valence-electron chi connectivity index (χ2n) is 3.98. The molecule has 0 aliphatic heterocycles. The largest absolute Gasteiger partial charge is 0.495 e. The minimum absolute atomic E-state index is 0.234. The van der Waals surface area contributed by atoms with Gasteiger partial charge < -0.3 is 9.30 Å². The smallest absolute Gasteiger partial charge is 0.454 e. The van der Waals surface area contributed by atoms with Crippen LogP contribution in [0.1, 0.15) is 10.4 Å². The van der Waals surface area contributed by atoms with Gasteiger partial charge in [0.25, 0.3) is 5.78 Å². The molecule has 0 N–H and O–H groups in total. The lowest BCUT2D eigenvalue weighted by atomic mass is 10.1. The Hall–Kier alpha value is -1.50. The summed E-state index contributed by atoms with van der Waals surface area (Å²) in [6.45, 7) is 0. The van der Waals surface area contributed by atoms with E-state index in [4.69, 9.17) is 4.74 Å². The van der Waals surface area contributed by atoms with E-state index in [0.717, 1.165) is 0 Å². The first kappa shape index (κ1) is 13.9. The monoisotopic (exact) mass is 335 g/mol. The number of carbonyl (C=O) groups is 1. The van der Waals surface area contributed by atoms with Crippen LogP contribution in [-0.2, 0) is 7.05 Å². The van der Waals surface area contributed by atoms with E-state index in [1.807, 2.05) is 0 Å². The second kappa shape index (κ2) is 4.56. The van der Waals surface area contributed by atoms with E-state index in [0.29, 0.717) is 15.7 Å². The first-order chi connectivity index (χ1) is 8.75. The molecule has 0 unspecified atom stereocenters. The van der Waals surface area contributed by atoms with E-state index in [9.17, 15) is 18.0 Å². The minimum atomic E-state index is -4.89. The van der Waals surface area contributed by atoms with Crippen LogP contribution in [0.4, 0.5) is 13.2 Å². The number of hydrogen-bond donors (Lipinski definition) is 0. The van der Waals surface area contributed by atoms with Crippen LogP contribution in [0, 0.1) is 0 Å². The van der Waals surface area contributed by atoms with Crippen molar-refractivity contribution >= 4 is 32.6 Å². The van der Waals surface area contributed by atoms with Gasteiger partial charge in [0.15, 0.2) is 0 Å². The molecule has 0 radical (unpaired) electrons. The van der Waals surface area contributed by atoms with Crippen LogP contribution in [0.15, 0.2) is 22.8 Å². The summed E-state index contributed by atoms with van der Waals surface area (Å²) >= 11 is 3.19. The van der Waals surface area contributed by atoms with Crippen molar-refractivity contribution in [2.45, 2.75) is 6.18 Å². The maximum atomic E-state index is 12.5. The van der Waals surface area contributed by atoms with Crippen LogP contribution in [0.3, 0.4) is 0 Å². The number of benzene rings is 1. The Labute approximate surface area is 115 Å². The standard InChI is InChI=1S/C12H9BrF3NO2/c1-17-5-7(11(18)12(14,15)16)6-3-8(13)10(19-2)4-9(6)17/h3-5H,1-2H3. The van der Waals surface area contributed by atoms with E-state index in [1.165, 1.54) is 23.9 Å². The van der Waals surface area contributed by atoms with Gasteiger partial charge in [0, 0.05) is 24.7 Å². The van der Waals surface area contributed by atoms with Crippen LogP contribution in [-0.4, -0.2) is 23.6 Å². The normalized spacial score (nSPS) is 11.9. The van der Waals surface area contributed by atoms with Gasteiger partial charge in [-0.15, -0.1) is 0 Å². The molecule has 0 saturated carbocycles. The molecule has 19 heavy (non-hydrogen) atoms. The van der Waals surface area contributed by atoms with Crippen LogP contribution < -0.4 is 4.74 Å². The molecule has 3 nitrogen and oxygen atoms in total. The first-order valence-corrected chi connectivity index (χ1v) is 5.99. The highest BCUT2D eigenvalue weighted by Crippen LogP contribution is 2.34. The maximum Gasteiger partial charge on any atom is 0.454 e. The SMILES string of the molecule is COc1cc2c(cc1Br)c(C(=O)C(F)(F)F)cn2C. The van der Waals surface area contributed by atoms with Gasteiger partial charge in [0.05, 0.1) is 22.7 Å². The number of methoxy groups -OCH3 is 1. The number of aryl methyl sites for hydroxylation is 1. The summed E-state index contributed by atoms with van der Waals surface area (Å²) < 4.78 is 44.6. The Morgan fingerprint density at radius 1 is 1.37 bits per heavy atom. The molecule has 0 fully saturated rings. The lowest BCUT2D eigenvalue weighted by Gasteiger charge is -2.06. The number of nitrogens with zero attached hydrogens (tertiary/aromatic N) is 1. The molecule has 2 aromatic rings. The quantitative estimate of drug-likeness (QED) is 0.783.